The summed E-state index contributed by atoms with van der Waals surface area (Å²) in [6.45, 7) is 0.409. The van der Waals surface area contributed by atoms with Crippen molar-refractivity contribution in [3.63, 3.8) is 0 Å². The van der Waals surface area contributed by atoms with Crippen LogP contribution in [0.1, 0.15) is 36.0 Å². The Hall–Kier alpha value is -2.77. The maximum Gasteiger partial charge on any atom is 0.257 e. The predicted octanol–water partition coefficient (Wildman–Crippen LogP) is 3.22. The summed E-state index contributed by atoms with van der Waals surface area (Å²) in [5, 5.41) is 6.03. The van der Waals surface area contributed by atoms with Gasteiger partial charge in [0.2, 0.25) is 5.95 Å². The molecule has 28 heavy (non-hydrogen) atoms. The van der Waals surface area contributed by atoms with E-state index < -0.39 is 23.1 Å². The van der Waals surface area contributed by atoms with Gasteiger partial charge in [0.05, 0.1) is 0 Å². The molecule has 1 amide bonds. The second kappa shape index (κ2) is 8.95. The molecule has 0 bridgehead atoms. The normalized spacial score (nSPS) is 19.1. The Labute approximate surface area is 163 Å². The number of nitrogens with zero attached hydrogens (tertiary/aromatic N) is 3. The lowest BCUT2D eigenvalue weighted by molar-refractivity contribution is 0.0935. The van der Waals surface area contributed by atoms with E-state index in [1.165, 1.54) is 6.07 Å². The summed E-state index contributed by atoms with van der Waals surface area (Å²) in [5.41, 5.74) is -0.518. The van der Waals surface area contributed by atoms with Crippen LogP contribution in [-0.4, -0.2) is 42.6 Å². The third-order valence-corrected chi connectivity index (χ3v) is 5.02. The first-order chi connectivity index (χ1) is 13.4. The van der Waals surface area contributed by atoms with E-state index in [-0.39, 0.29) is 12.0 Å². The van der Waals surface area contributed by atoms with Crippen molar-refractivity contribution in [1.29, 1.82) is 0 Å². The first kappa shape index (κ1) is 20.0. The number of carbonyl (C=O) groups is 1. The highest BCUT2D eigenvalue weighted by Gasteiger charge is 2.23. The Kier molecular flexibility index (Phi) is 6.38. The standard InChI is InChI=1S/C20H25F2N5O/c1-27(2)17-10-11-23-20(26-17)25-14-8-6-13(7-9-14)12-24-19(28)18-15(21)4-3-5-16(18)22/h3-5,10-11,13-14H,6-9,12H2,1-2H3,(H,24,28)(H,23,25,26). The summed E-state index contributed by atoms with van der Waals surface area (Å²) in [5.74, 6) is -0.654. The lowest BCUT2D eigenvalue weighted by Gasteiger charge is -2.29. The number of halogens is 2. The minimum absolute atomic E-state index is 0.272. The molecular formula is C20H25F2N5O. The highest BCUT2D eigenvalue weighted by molar-refractivity contribution is 5.94. The SMILES string of the molecule is CN(C)c1ccnc(NC2CCC(CNC(=O)c3c(F)cccc3F)CC2)n1. The molecule has 0 saturated heterocycles. The second-order valence-electron chi connectivity index (χ2n) is 7.30. The molecule has 2 N–H and O–H groups in total. The molecule has 1 aromatic carbocycles. The van der Waals surface area contributed by atoms with Crippen molar-refractivity contribution in [1.82, 2.24) is 15.3 Å². The fourth-order valence-corrected chi connectivity index (χ4v) is 3.40. The molecule has 1 aliphatic carbocycles. The van der Waals surface area contributed by atoms with Crippen LogP contribution in [0.15, 0.2) is 30.5 Å². The van der Waals surface area contributed by atoms with Gasteiger partial charge in [0.15, 0.2) is 0 Å². The second-order valence-corrected chi connectivity index (χ2v) is 7.30. The number of benzene rings is 1. The Morgan fingerprint density at radius 3 is 2.46 bits per heavy atom. The van der Waals surface area contributed by atoms with Crippen molar-refractivity contribution in [2.45, 2.75) is 31.7 Å². The smallest absolute Gasteiger partial charge is 0.257 e. The van der Waals surface area contributed by atoms with Gasteiger partial charge in [-0.25, -0.2) is 13.8 Å². The van der Waals surface area contributed by atoms with Gasteiger partial charge in [-0.2, -0.15) is 4.98 Å². The number of aromatic nitrogens is 2. The van der Waals surface area contributed by atoms with Gasteiger partial charge in [0.25, 0.3) is 5.91 Å². The van der Waals surface area contributed by atoms with Crippen molar-refractivity contribution in [3.05, 3.63) is 47.7 Å². The van der Waals surface area contributed by atoms with Gasteiger partial charge in [-0.1, -0.05) is 6.07 Å². The van der Waals surface area contributed by atoms with Crippen LogP contribution < -0.4 is 15.5 Å². The number of nitrogens with one attached hydrogen (secondary N) is 2. The molecule has 0 spiro atoms. The lowest BCUT2D eigenvalue weighted by atomic mass is 9.86. The molecule has 1 aliphatic rings. The topological polar surface area (TPSA) is 70.2 Å². The minimum atomic E-state index is -0.842. The quantitative estimate of drug-likeness (QED) is 0.794. The van der Waals surface area contributed by atoms with Crippen LogP contribution in [0, 0.1) is 17.6 Å². The molecule has 8 heteroatoms. The van der Waals surface area contributed by atoms with Crippen molar-refractivity contribution in [3.8, 4) is 0 Å². The molecule has 1 fully saturated rings. The van der Waals surface area contributed by atoms with Gasteiger partial charge in [-0.05, 0) is 49.8 Å². The van der Waals surface area contributed by atoms with Crippen molar-refractivity contribution in [2.75, 3.05) is 30.9 Å². The van der Waals surface area contributed by atoms with Gasteiger partial charge < -0.3 is 15.5 Å². The number of amides is 1. The van der Waals surface area contributed by atoms with E-state index in [1.54, 1.807) is 6.20 Å². The predicted molar refractivity (Wildman–Crippen MR) is 104 cm³/mol. The molecule has 0 radical (unpaired) electrons. The number of carbonyl (C=O) groups excluding carboxylic acids is 1. The molecule has 2 aromatic rings. The zero-order chi connectivity index (χ0) is 20.1. The monoisotopic (exact) mass is 389 g/mol. The number of hydrogen-bond acceptors (Lipinski definition) is 5. The molecule has 0 aliphatic heterocycles. The fraction of sp³-hybridized carbons (Fsp3) is 0.450. The third kappa shape index (κ3) is 4.94. The average molecular weight is 389 g/mol. The molecule has 1 heterocycles. The Balaban J connectivity index is 1.47. The number of hydrogen-bond donors (Lipinski definition) is 2. The van der Waals surface area contributed by atoms with E-state index in [2.05, 4.69) is 20.6 Å². The summed E-state index contributed by atoms with van der Waals surface area (Å²) in [7, 11) is 3.86. The Bertz CT molecular complexity index is 802. The van der Waals surface area contributed by atoms with Gasteiger partial charge in [-0.3, -0.25) is 4.79 Å². The van der Waals surface area contributed by atoms with Gasteiger partial charge >= 0.3 is 0 Å². The molecule has 1 saturated carbocycles. The summed E-state index contributed by atoms with van der Waals surface area (Å²) >= 11 is 0. The molecule has 1 aromatic heterocycles. The van der Waals surface area contributed by atoms with Crippen LogP contribution >= 0.6 is 0 Å². The molecule has 0 atom stereocenters. The van der Waals surface area contributed by atoms with E-state index in [0.717, 1.165) is 43.6 Å². The van der Waals surface area contributed by atoms with Gasteiger partial charge in [0, 0.05) is 32.9 Å². The highest BCUT2D eigenvalue weighted by atomic mass is 19.1. The third-order valence-electron chi connectivity index (χ3n) is 5.02. The van der Waals surface area contributed by atoms with Crippen molar-refractivity contribution >= 4 is 17.7 Å². The van der Waals surface area contributed by atoms with E-state index in [9.17, 15) is 13.6 Å². The maximum atomic E-state index is 13.7. The van der Waals surface area contributed by atoms with Crippen LogP contribution in [0.2, 0.25) is 0 Å². The highest BCUT2D eigenvalue weighted by Crippen LogP contribution is 2.26. The van der Waals surface area contributed by atoms with E-state index in [4.69, 9.17) is 0 Å². The first-order valence-corrected chi connectivity index (χ1v) is 9.43. The molecular weight excluding hydrogens is 364 g/mol. The molecule has 150 valence electrons. The Morgan fingerprint density at radius 2 is 1.82 bits per heavy atom. The van der Waals surface area contributed by atoms with Crippen molar-refractivity contribution < 1.29 is 13.6 Å². The molecule has 0 unspecified atom stereocenters. The Morgan fingerprint density at radius 1 is 1.14 bits per heavy atom. The van der Waals surface area contributed by atoms with E-state index >= 15 is 0 Å². The van der Waals surface area contributed by atoms with E-state index in [0.29, 0.717) is 12.5 Å². The van der Waals surface area contributed by atoms with Crippen LogP contribution in [0.4, 0.5) is 20.5 Å². The van der Waals surface area contributed by atoms with Gasteiger partial charge in [-0.15, -0.1) is 0 Å². The van der Waals surface area contributed by atoms with Crippen LogP contribution in [0.5, 0.6) is 0 Å². The van der Waals surface area contributed by atoms with Gasteiger partial charge in [0.1, 0.15) is 23.0 Å². The minimum Gasteiger partial charge on any atom is -0.363 e. The zero-order valence-electron chi connectivity index (χ0n) is 16.1. The summed E-state index contributed by atoms with van der Waals surface area (Å²) in [4.78, 5) is 22.8. The van der Waals surface area contributed by atoms with Crippen LogP contribution in [-0.2, 0) is 0 Å². The molecule has 6 nitrogen and oxygen atoms in total. The maximum absolute atomic E-state index is 13.7. The average Bonchev–Trinajstić information content (AvgIpc) is 2.67. The number of rotatable bonds is 6. The fourth-order valence-electron chi connectivity index (χ4n) is 3.40. The lowest BCUT2D eigenvalue weighted by Crippen LogP contribution is -2.34. The summed E-state index contributed by atoms with van der Waals surface area (Å²) in [6, 6.07) is 5.54. The molecule has 3 rings (SSSR count). The van der Waals surface area contributed by atoms with Crippen LogP contribution in [0.3, 0.4) is 0 Å². The van der Waals surface area contributed by atoms with Crippen molar-refractivity contribution in [2.24, 2.45) is 5.92 Å². The first-order valence-electron chi connectivity index (χ1n) is 9.43. The summed E-state index contributed by atoms with van der Waals surface area (Å²) < 4.78 is 27.4. The number of anilines is 2. The summed E-state index contributed by atoms with van der Waals surface area (Å²) in [6.07, 6.45) is 5.39. The largest absolute Gasteiger partial charge is 0.363 e. The zero-order valence-corrected chi connectivity index (χ0v) is 16.1. The van der Waals surface area contributed by atoms with Crippen LogP contribution in [0.25, 0.3) is 0 Å². The van der Waals surface area contributed by atoms with E-state index in [1.807, 2.05) is 25.1 Å².